The van der Waals surface area contributed by atoms with Crippen LogP contribution < -0.4 is 11.1 Å². The minimum atomic E-state index is -0.572. The van der Waals surface area contributed by atoms with Crippen molar-refractivity contribution in [1.82, 2.24) is 5.32 Å². The first-order valence-electron chi connectivity index (χ1n) is 7.46. The van der Waals surface area contributed by atoms with Crippen LogP contribution in [0.15, 0.2) is 18.2 Å². The monoisotopic (exact) mass is 296 g/mol. The van der Waals surface area contributed by atoms with Gasteiger partial charge in [0, 0.05) is 17.5 Å². The molecule has 0 aromatic heterocycles. The first kappa shape index (κ1) is 15.9. The van der Waals surface area contributed by atoms with Crippen molar-refractivity contribution in [3.63, 3.8) is 0 Å². The van der Waals surface area contributed by atoms with Gasteiger partial charge < -0.3 is 11.1 Å². The highest BCUT2D eigenvalue weighted by atomic mass is 19.1. The lowest BCUT2D eigenvalue weighted by atomic mass is 9.94. The van der Waals surface area contributed by atoms with E-state index in [0.717, 1.165) is 19.3 Å². The first-order valence-corrected chi connectivity index (χ1v) is 7.46. The highest BCUT2D eigenvalue weighted by Crippen LogP contribution is 2.31. The summed E-state index contributed by atoms with van der Waals surface area (Å²) in [7, 11) is 0. The van der Waals surface area contributed by atoms with E-state index in [2.05, 4.69) is 5.32 Å². The largest absolute Gasteiger partial charge is 0.353 e. The molecule has 3 unspecified atom stereocenters. The molecule has 1 aliphatic carbocycles. The van der Waals surface area contributed by atoms with Gasteiger partial charge in [0.2, 0.25) is 5.91 Å². The van der Waals surface area contributed by atoms with Crippen molar-refractivity contribution >= 4 is 5.91 Å². The van der Waals surface area contributed by atoms with E-state index >= 15 is 0 Å². The molecule has 1 aromatic carbocycles. The second kappa shape index (κ2) is 6.98. The van der Waals surface area contributed by atoms with Crippen molar-refractivity contribution in [3.05, 3.63) is 35.4 Å². The summed E-state index contributed by atoms with van der Waals surface area (Å²) < 4.78 is 27.2. The van der Waals surface area contributed by atoms with E-state index in [-0.39, 0.29) is 35.8 Å². The fourth-order valence-electron chi connectivity index (χ4n) is 3.10. The van der Waals surface area contributed by atoms with Gasteiger partial charge >= 0.3 is 0 Å². The van der Waals surface area contributed by atoms with E-state index in [1.165, 1.54) is 18.2 Å². The van der Waals surface area contributed by atoms with E-state index in [1.807, 2.05) is 0 Å². The van der Waals surface area contributed by atoms with Crippen molar-refractivity contribution in [3.8, 4) is 0 Å². The predicted molar refractivity (Wildman–Crippen MR) is 77.6 cm³/mol. The van der Waals surface area contributed by atoms with Crippen LogP contribution in [-0.4, -0.2) is 18.5 Å². The van der Waals surface area contributed by atoms with Gasteiger partial charge in [-0.15, -0.1) is 0 Å². The third-order valence-corrected chi connectivity index (χ3v) is 4.26. The van der Waals surface area contributed by atoms with E-state index in [9.17, 15) is 13.6 Å². The molecule has 1 amide bonds. The van der Waals surface area contributed by atoms with Crippen molar-refractivity contribution < 1.29 is 13.6 Å². The predicted octanol–water partition coefficient (Wildman–Crippen LogP) is 2.39. The molecule has 1 saturated carbocycles. The summed E-state index contributed by atoms with van der Waals surface area (Å²) >= 11 is 0. The summed E-state index contributed by atoms with van der Waals surface area (Å²) in [4.78, 5) is 12.2. The zero-order valence-electron chi connectivity index (χ0n) is 12.2. The summed E-state index contributed by atoms with van der Waals surface area (Å²) in [6.07, 6.45) is 2.97. The Morgan fingerprint density at radius 1 is 1.38 bits per heavy atom. The van der Waals surface area contributed by atoms with Gasteiger partial charge in [-0.1, -0.05) is 12.5 Å². The third kappa shape index (κ3) is 3.79. The SMILES string of the molecule is CC(Cc1c(F)cccc1F)NC(=O)C1CCCC1CN. The zero-order valence-corrected chi connectivity index (χ0v) is 12.2. The number of nitrogens with two attached hydrogens (primary N) is 1. The lowest BCUT2D eigenvalue weighted by Gasteiger charge is -2.21. The number of hydrogen-bond acceptors (Lipinski definition) is 2. The molecule has 21 heavy (non-hydrogen) atoms. The van der Waals surface area contributed by atoms with Gasteiger partial charge in [0.05, 0.1) is 0 Å². The summed E-state index contributed by atoms with van der Waals surface area (Å²) in [6.45, 7) is 2.27. The summed E-state index contributed by atoms with van der Waals surface area (Å²) in [5, 5.41) is 2.86. The molecule has 1 fully saturated rings. The number of nitrogens with one attached hydrogen (secondary N) is 1. The van der Waals surface area contributed by atoms with Gasteiger partial charge in [0.1, 0.15) is 11.6 Å². The van der Waals surface area contributed by atoms with E-state index < -0.39 is 11.6 Å². The molecule has 1 aromatic rings. The Kier molecular flexibility index (Phi) is 5.28. The molecular formula is C16H22F2N2O. The fraction of sp³-hybridized carbons (Fsp3) is 0.562. The maximum Gasteiger partial charge on any atom is 0.223 e. The zero-order chi connectivity index (χ0) is 15.4. The van der Waals surface area contributed by atoms with Crippen LogP contribution in [0.4, 0.5) is 8.78 Å². The van der Waals surface area contributed by atoms with Crippen molar-refractivity contribution in [2.45, 2.75) is 38.6 Å². The minimum Gasteiger partial charge on any atom is -0.353 e. The number of rotatable bonds is 5. The topological polar surface area (TPSA) is 55.1 Å². The van der Waals surface area contributed by atoms with Gasteiger partial charge in [0.25, 0.3) is 0 Å². The van der Waals surface area contributed by atoms with Gasteiger partial charge in [-0.25, -0.2) is 8.78 Å². The molecule has 3 nitrogen and oxygen atoms in total. The molecule has 5 heteroatoms. The molecule has 0 saturated heterocycles. The van der Waals surface area contributed by atoms with Crippen molar-refractivity contribution in [2.75, 3.05) is 6.54 Å². The van der Waals surface area contributed by atoms with Crippen LogP contribution >= 0.6 is 0 Å². The molecule has 0 heterocycles. The number of carbonyl (C=O) groups is 1. The fourth-order valence-corrected chi connectivity index (χ4v) is 3.10. The van der Waals surface area contributed by atoms with Crippen molar-refractivity contribution in [1.29, 1.82) is 0 Å². The molecule has 0 spiro atoms. The van der Waals surface area contributed by atoms with E-state index in [1.54, 1.807) is 6.92 Å². The van der Waals surface area contributed by atoms with Crippen LogP contribution in [-0.2, 0) is 11.2 Å². The minimum absolute atomic E-state index is 0.0205. The Labute approximate surface area is 123 Å². The van der Waals surface area contributed by atoms with Gasteiger partial charge in [-0.05, 0) is 50.8 Å². The number of benzene rings is 1. The van der Waals surface area contributed by atoms with Gasteiger partial charge in [-0.3, -0.25) is 4.79 Å². The second-order valence-electron chi connectivity index (χ2n) is 5.85. The smallest absolute Gasteiger partial charge is 0.223 e. The lowest BCUT2D eigenvalue weighted by molar-refractivity contribution is -0.126. The van der Waals surface area contributed by atoms with Crippen LogP contribution in [0, 0.1) is 23.5 Å². The average Bonchev–Trinajstić information content (AvgIpc) is 2.91. The molecule has 0 aliphatic heterocycles. The Balaban J connectivity index is 1.95. The molecule has 2 rings (SSSR count). The molecular weight excluding hydrogens is 274 g/mol. The number of amides is 1. The van der Waals surface area contributed by atoms with Crippen molar-refractivity contribution in [2.24, 2.45) is 17.6 Å². The molecule has 116 valence electrons. The second-order valence-corrected chi connectivity index (χ2v) is 5.85. The summed E-state index contributed by atoms with van der Waals surface area (Å²) in [5.74, 6) is -1.04. The summed E-state index contributed by atoms with van der Waals surface area (Å²) in [5.41, 5.74) is 5.70. The lowest BCUT2D eigenvalue weighted by Crippen LogP contribution is -2.41. The molecule has 0 bridgehead atoms. The highest BCUT2D eigenvalue weighted by Gasteiger charge is 2.32. The third-order valence-electron chi connectivity index (χ3n) is 4.26. The molecule has 3 N–H and O–H groups in total. The quantitative estimate of drug-likeness (QED) is 0.876. The molecule has 0 radical (unpaired) electrons. The van der Waals surface area contributed by atoms with Crippen LogP contribution in [0.1, 0.15) is 31.7 Å². The standard InChI is InChI=1S/C16H22F2N2O/c1-10(8-13-14(17)6-3-7-15(13)18)20-16(21)12-5-2-4-11(12)9-19/h3,6-7,10-12H,2,4-5,8-9,19H2,1H3,(H,20,21). The average molecular weight is 296 g/mol. The number of hydrogen-bond donors (Lipinski definition) is 2. The highest BCUT2D eigenvalue weighted by molar-refractivity contribution is 5.79. The Hall–Kier alpha value is -1.49. The maximum absolute atomic E-state index is 13.6. The Bertz CT molecular complexity index is 487. The normalized spacial score (nSPS) is 23.0. The van der Waals surface area contributed by atoms with Crippen LogP contribution in [0.3, 0.4) is 0 Å². The number of halogens is 2. The van der Waals surface area contributed by atoms with Gasteiger partial charge in [0.15, 0.2) is 0 Å². The van der Waals surface area contributed by atoms with Crippen LogP contribution in [0.5, 0.6) is 0 Å². The van der Waals surface area contributed by atoms with Gasteiger partial charge in [-0.2, -0.15) is 0 Å². The number of carbonyl (C=O) groups excluding carboxylic acids is 1. The molecule has 3 atom stereocenters. The first-order chi connectivity index (χ1) is 10.0. The Morgan fingerprint density at radius 2 is 2.05 bits per heavy atom. The maximum atomic E-state index is 13.6. The van der Waals surface area contributed by atoms with Crippen LogP contribution in [0.25, 0.3) is 0 Å². The summed E-state index contributed by atoms with van der Waals surface area (Å²) in [6, 6.07) is 3.48. The Morgan fingerprint density at radius 3 is 2.67 bits per heavy atom. The molecule has 1 aliphatic rings. The van der Waals surface area contributed by atoms with E-state index in [4.69, 9.17) is 5.73 Å². The van der Waals surface area contributed by atoms with E-state index in [0.29, 0.717) is 6.54 Å². The van der Waals surface area contributed by atoms with Crippen LogP contribution in [0.2, 0.25) is 0 Å².